The maximum absolute atomic E-state index is 11.2. The van der Waals surface area contributed by atoms with Crippen molar-refractivity contribution >= 4 is 34.8 Å². The Labute approximate surface area is 117 Å². The molecular weight excluding hydrogens is 271 g/mol. The van der Waals surface area contributed by atoms with Crippen molar-refractivity contribution in [2.45, 2.75) is 25.8 Å². The third-order valence-corrected chi connectivity index (χ3v) is 3.61. The van der Waals surface area contributed by atoms with E-state index in [9.17, 15) is 4.79 Å². The van der Waals surface area contributed by atoms with Crippen molar-refractivity contribution in [1.29, 1.82) is 0 Å². The van der Waals surface area contributed by atoms with Gasteiger partial charge < -0.3 is 10.2 Å². The highest BCUT2D eigenvalue weighted by Gasteiger charge is 2.20. The van der Waals surface area contributed by atoms with Crippen molar-refractivity contribution in [2.75, 3.05) is 18.4 Å². The Morgan fingerprint density at radius 2 is 1.78 bits per heavy atom. The molecule has 0 bridgehead atoms. The first-order valence-corrected chi connectivity index (χ1v) is 6.78. The molecule has 98 valence electrons. The molecule has 1 amide bonds. The first kappa shape index (κ1) is 13.5. The van der Waals surface area contributed by atoms with Gasteiger partial charge in [-0.05, 0) is 31.0 Å². The van der Waals surface area contributed by atoms with Crippen molar-refractivity contribution < 1.29 is 4.79 Å². The van der Waals surface area contributed by atoms with Gasteiger partial charge >= 0.3 is 0 Å². The number of hydrogen-bond donors (Lipinski definition) is 1. The second-order valence-corrected chi connectivity index (χ2v) is 5.46. The highest BCUT2D eigenvalue weighted by Crippen LogP contribution is 2.24. The molecule has 0 aliphatic carbocycles. The van der Waals surface area contributed by atoms with E-state index in [-0.39, 0.29) is 5.91 Å². The summed E-state index contributed by atoms with van der Waals surface area (Å²) < 4.78 is 0. The summed E-state index contributed by atoms with van der Waals surface area (Å²) in [6, 6.07) is 5.82. The van der Waals surface area contributed by atoms with Gasteiger partial charge in [-0.25, -0.2) is 0 Å². The minimum atomic E-state index is 0.152. The summed E-state index contributed by atoms with van der Waals surface area (Å²) in [7, 11) is 0. The molecule has 2 rings (SSSR count). The number of nitrogens with zero attached hydrogens (tertiary/aromatic N) is 1. The Bertz CT molecular complexity index is 422. The van der Waals surface area contributed by atoms with Crippen molar-refractivity contribution in [2.24, 2.45) is 0 Å². The first-order chi connectivity index (χ1) is 8.54. The van der Waals surface area contributed by atoms with Crippen LogP contribution in [0.1, 0.15) is 19.8 Å². The van der Waals surface area contributed by atoms with Crippen LogP contribution in [0.25, 0.3) is 0 Å². The van der Waals surface area contributed by atoms with E-state index < -0.39 is 0 Å². The Kier molecular flexibility index (Phi) is 4.36. The lowest BCUT2D eigenvalue weighted by atomic mass is 10.0. The fourth-order valence-electron chi connectivity index (χ4n) is 2.21. The van der Waals surface area contributed by atoms with Gasteiger partial charge in [-0.1, -0.05) is 23.2 Å². The highest BCUT2D eigenvalue weighted by molar-refractivity contribution is 6.35. The number of piperidine rings is 1. The Balaban J connectivity index is 1.93. The van der Waals surface area contributed by atoms with E-state index in [1.54, 1.807) is 13.0 Å². The second kappa shape index (κ2) is 5.81. The third kappa shape index (κ3) is 3.53. The molecule has 0 spiro atoms. The first-order valence-electron chi connectivity index (χ1n) is 6.03. The zero-order valence-corrected chi connectivity index (χ0v) is 11.8. The van der Waals surface area contributed by atoms with Crippen LogP contribution in [-0.4, -0.2) is 29.9 Å². The standard InChI is InChI=1S/C13H16Cl2N2O/c1-9(18)17-4-2-12(3-5-17)16-13-7-10(14)6-11(15)8-13/h6-8,12,16H,2-5H2,1H3. The van der Waals surface area contributed by atoms with Gasteiger partial charge in [-0.15, -0.1) is 0 Å². The third-order valence-electron chi connectivity index (χ3n) is 3.17. The zero-order chi connectivity index (χ0) is 13.1. The highest BCUT2D eigenvalue weighted by atomic mass is 35.5. The number of hydrogen-bond acceptors (Lipinski definition) is 2. The molecule has 0 saturated carbocycles. The van der Waals surface area contributed by atoms with Gasteiger partial charge in [0.15, 0.2) is 0 Å². The van der Waals surface area contributed by atoms with E-state index in [0.717, 1.165) is 31.6 Å². The average Bonchev–Trinajstić information content (AvgIpc) is 2.28. The maximum Gasteiger partial charge on any atom is 0.219 e. The molecule has 1 aliphatic heterocycles. The van der Waals surface area contributed by atoms with Gasteiger partial charge in [0.25, 0.3) is 0 Å². The average molecular weight is 287 g/mol. The number of halogens is 2. The smallest absolute Gasteiger partial charge is 0.219 e. The summed E-state index contributed by atoms with van der Waals surface area (Å²) in [4.78, 5) is 13.1. The van der Waals surface area contributed by atoms with Gasteiger partial charge in [-0.2, -0.15) is 0 Å². The molecule has 5 heteroatoms. The summed E-state index contributed by atoms with van der Waals surface area (Å²) in [5, 5.41) is 4.68. The van der Waals surface area contributed by atoms with Crippen LogP contribution in [0.3, 0.4) is 0 Å². The minimum absolute atomic E-state index is 0.152. The van der Waals surface area contributed by atoms with Crippen LogP contribution in [-0.2, 0) is 4.79 Å². The molecular formula is C13H16Cl2N2O. The molecule has 0 aromatic heterocycles. The van der Waals surface area contributed by atoms with Gasteiger partial charge in [0.05, 0.1) is 0 Å². The second-order valence-electron chi connectivity index (χ2n) is 4.58. The van der Waals surface area contributed by atoms with Crippen molar-refractivity contribution in [3.05, 3.63) is 28.2 Å². The number of rotatable bonds is 2. The molecule has 18 heavy (non-hydrogen) atoms. The van der Waals surface area contributed by atoms with E-state index in [4.69, 9.17) is 23.2 Å². The molecule has 1 aliphatic rings. The predicted octanol–water partition coefficient (Wildman–Crippen LogP) is 3.42. The fraction of sp³-hybridized carbons (Fsp3) is 0.462. The number of nitrogens with one attached hydrogen (secondary N) is 1. The maximum atomic E-state index is 11.2. The van der Waals surface area contributed by atoms with Crippen LogP contribution in [0.15, 0.2) is 18.2 Å². The summed E-state index contributed by atoms with van der Waals surface area (Å²) in [6.07, 6.45) is 1.90. The molecule has 1 fully saturated rings. The van der Waals surface area contributed by atoms with Crippen LogP contribution < -0.4 is 5.32 Å². The van der Waals surface area contributed by atoms with E-state index in [1.165, 1.54) is 0 Å². The van der Waals surface area contributed by atoms with Gasteiger partial charge in [0, 0.05) is 41.8 Å². The predicted molar refractivity (Wildman–Crippen MR) is 75.4 cm³/mol. The number of anilines is 1. The summed E-state index contributed by atoms with van der Waals surface area (Å²) in [6.45, 7) is 3.23. The quantitative estimate of drug-likeness (QED) is 0.904. The van der Waals surface area contributed by atoms with Gasteiger partial charge in [0.1, 0.15) is 0 Å². The number of likely N-dealkylation sites (tertiary alicyclic amines) is 1. The largest absolute Gasteiger partial charge is 0.382 e. The molecule has 1 aromatic rings. The number of carbonyl (C=O) groups is 1. The van der Waals surface area contributed by atoms with E-state index >= 15 is 0 Å². The van der Waals surface area contributed by atoms with Crippen LogP contribution in [0, 0.1) is 0 Å². The van der Waals surface area contributed by atoms with E-state index in [1.807, 2.05) is 17.0 Å². The molecule has 1 aromatic carbocycles. The van der Waals surface area contributed by atoms with Crippen molar-refractivity contribution in [3.63, 3.8) is 0 Å². The molecule has 1 saturated heterocycles. The number of benzene rings is 1. The Morgan fingerprint density at radius 1 is 1.22 bits per heavy atom. The normalized spacial score (nSPS) is 16.7. The summed E-state index contributed by atoms with van der Waals surface area (Å²) in [5.74, 6) is 0.152. The van der Waals surface area contributed by atoms with Crippen LogP contribution in [0.4, 0.5) is 5.69 Å². The molecule has 3 nitrogen and oxygen atoms in total. The van der Waals surface area contributed by atoms with Crippen LogP contribution >= 0.6 is 23.2 Å². The van der Waals surface area contributed by atoms with E-state index in [2.05, 4.69) is 5.32 Å². The zero-order valence-electron chi connectivity index (χ0n) is 10.2. The fourth-order valence-corrected chi connectivity index (χ4v) is 2.74. The Hall–Kier alpha value is -0.930. The van der Waals surface area contributed by atoms with Crippen molar-refractivity contribution in [1.82, 2.24) is 4.90 Å². The lowest BCUT2D eigenvalue weighted by Crippen LogP contribution is -2.41. The van der Waals surface area contributed by atoms with Crippen LogP contribution in [0.5, 0.6) is 0 Å². The summed E-state index contributed by atoms with van der Waals surface area (Å²) >= 11 is 11.9. The topological polar surface area (TPSA) is 32.3 Å². The van der Waals surface area contributed by atoms with Gasteiger partial charge in [-0.3, -0.25) is 4.79 Å². The molecule has 0 radical (unpaired) electrons. The van der Waals surface area contributed by atoms with Gasteiger partial charge in [0.2, 0.25) is 5.91 Å². The monoisotopic (exact) mass is 286 g/mol. The van der Waals surface area contributed by atoms with Crippen LogP contribution in [0.2, 0.25) is 10.0 Å². The lowest BCUT2D eigenvalue weighted by molar-refractivity contribution is -0.129. The number of amides is 1. The minimum Gasteiger partial charge on any atom is -0.382 e. The summed E-state index contributed by atoms with van der Waals surface area (Å²) in [5.41, 5.74) is 0.939. The number of carbonyl (C=O) groups excluding carboxylic acids is 1. The lowest BCUT2D eigenvalue weighted by Gasteiger charge is -2.32. The molecule has 1 N–H and O–H groups in total. The van der Waals surface area contributed by atoms with Crippen molar-refractivity contribution in [3.8, 4) is 0 Å². The molecule has 0 unspecified atom stereocenters. The molecule has 0 atom stereocenters. The van der Waals surface area contributed by atoms with E-state index in [0.29, 0.717) is 16.1 Å². The molecule has 1 heterocycles. The SMILES string of the molecule is CC(=O)N1CCC(Nc2cc(Cl)cc(Cl)c2)CC1. The Morgan fingerprint density at radius 3 is 2.28 bits per heavy atom.